The average molecular weight is 246 g/mol. The van der Waals surface area contributed by atoms with Gasteiger partial charge in [0.05, 0.1) is 0 Å². The molecular weight excluding hydrogens is 224 g/mol. The minimum Gasteiger partial charge on any atom is -0.368 e. The molecule has 1 amide bonds. The van der Waals surface area contributed by atoms with E-state index in [4.69, 9.17) is 5.73 Å². The van der Waals surface area contributed by atoms with E-state index < -0.39 is 0 Å². The van der Waals surface area contributed by atoms with Gasteiger partial charge in [-0.25, -0.2) is 0 Å². The first-order valence-corrected chi connectivity index (χ1v) is 6.85. The Kier molecular flexibility index (Phi) is 4.76. The molecule has 0 radical (unpaired) electrons. The number of amides is 1. The van der Waals surface area contributed by atoms with Gasteiger partial charge in [-0.2, -0.15) is 0 Å². The molecule has 0 aliphatic heterocycles. The van der Waals surface area contributed by atoms with Crippen molar-refractivity contribution in [3.63, 3.8) is 0 Å². The van der Waals surface area contributed by atoms with Crippen LogP contribution in [0.3, 0.4) is 0 Å². The molecule has 1 saturated carbocycles. The second-order valence-corrected chi connectivity index (χ2v) is 5.14. The lowest BCUT2D eigenvalue weighted by atomic mass is 10.0. The first-order valence-electron chi connectivity index (χ1n) is 6.85. The molecule has 3 nitrogen and oxygen atoms in total. The molecule has 3 heteroatoms. The van der Waals surface area contributed by atoms with Crippen LogP contribution in [0.1, 0.15) is 43.7 Å². The second-order valence-electron chi connectivity index (χ2n) is 5.14. The van der Waals surface area contributed by atoms with Crippen molar-refractivity contribution in [2.24, 2.45) is 11.7 Å². The first kappa shape index (κ1) is 13.1. The number of nitrogens with two attached hydrogens (primary N) is 1. The molecule has 1 aromatic carbocycles. The lowest BCUT2D eigenvalue weighted by Gasteiger charge is -2.17. The maximum absolute atomic E-state index is 11.5. The van der Waals surface area contributed by atoms with Gasteiger partial charge in [0.1, 0.15) is 6.04 Å². The largest absolute Gasteiger partial charge is 0.368 e. The summed E-state index contributed by atoms with van der Waals surface area (Å²) in [7, 11) is 0. The van der Waals surface area contributed by atoms with Gasteiger partial charge in [0, 0.05) is 0 Å². The van der Waals surface area contributed by atoms with Crippen LogP contribution in [-0.4, -0.2) is 12.5 Å². The van der Waals surface area contributed by atoms with E-state index in [2.05, 4.69) is 5.32 Å². The van der Waals surface area contributed by atoms with Crippen LogP contribution in [0.2, 0.25) is 0 Å². The van der Waals surface area contributed by atoms with Crippen LogP contribution in [0.25, 0.3) is 0 Å². The summed E-state index contributed by atoms with van der Waals surface area (Å²) in [5.74, 6) is 0.537. The monoisotopic (exact) mass is 246 g/mol. The number of carbonyl (C=O) groups is 1. The van der Waals surface area contributed by atoms with Crippen molar-refractivity contribution in [3.05, 3.63) is 35.9 Å². The molecule has 0 spiro atoms. The summed E-state index contributed by atoms with van der Waals surface area (Å²) in [6, 6.07) is 9.34. The molecule has 1 aliphatic rings. The van der Waals surface area contributed by atoms with E-state index in [0.717, 1.165) is 24.4 Å². The van der Waals surface area contributed by atoms with Gasteiger partial charge in [0.2, 0.25) is 5.91 Å². The molecule has 98 valence electrons. The maximum atomic E-state index is 11.5. The Labute approximate surface area is 109 Å². The van der Waals surface area contributed by atoms with E-state index in [-0.39, 0.29) is 11.9 Å². The summed E-state index contributed by atoms with van der Waals surface area (Å²) in [6.07, 6.45) is 6.56. The number of carbonyl (C=O) groups excluding carboxylic acids is 1. The molecule has 18 heavy (non-hydrogen) atoms. The van der Waals surface area contributed by atoms with E-state index in [1.54, 1.807) is 0 Å². The van der Waals surface area contributed by atoms with E-state index in [0.29, 0.717) is 0 Å². The number of hydrogen-bond donors (Lipinski definition) is 2. The number of nitrogens with one attached hydrogen (secondary N) is 1. The van der Waals surface area contributed by atoms with E-state index in [1.807, 2.05) is 30.3 Å². The molecule has 1 aromatic rings. The molecule has 0 heterocycles. The molecule has 0 bridgehead atoms. The summed E-state index contributed by atoms with van der Waals surface area (Å²) in [5.41, 5.74) is 6.42. The van der Waals surface area contributed by atoms with Crippen LogP contribution < -0.4 is 11.1 Å². The van der Waals surface area contributed by atoms with E-state index >= 15 is 0 Å². The smallest absolute Gasteiger partial charge is 0.239 e. The predicted octanol–water partition coefficient (Wildman–Crippen LogP) is 2.38. The SMILES string of the molecule is NC(=O)[C@@H](NCCC1CCCC1)c1ccccc1. The molecule has 1 atom stereocenters. The number of hydrogen-bond acceptors (Lipinski definition) is 2. The first-order chi connectivity index (χ1) is 8.77. The third-order valence-corrected chi connectivity index (χ3v) is 3.79. The zero-order valence-electron chi connectivity index (χ0n) is 10.8. The number of benzene rings is 1. The van der Waals surface area contributed by atoms with Crippen molar-refractivity contribution in [2.45, 2.75) is 38.1 Å². The summed E-state index contributed by atoms with van der Waals surface area (Å²) in [5, 5.41) is 3.29. The third kappa shape index (κ3) is 3.57. The summed E-state index contributed by atoms with van der Waals surface area (Å²) in [4.78, 5) is 11.5. The number of primary amides is 1. The van der Waals surface area contributed by atoms with Crippen LogP contribution in [0.4, 0.5) is 0 Å². The third-order valence-electron chi connectivity index (χ3n) is 3.79. The van der Waals surface area contributed by atoms with E-state index in [9.17, 15) is 4.79 Å². The summed E-state index contributed by atoms with van der Waals surface area (Å²) >= 11 is 0. The van der Waals surface area contributed by atoms with Gasteiger partial charge < -0.3 is 11.1 Å². The quantitative estimate of drug-likeness (QED) is 0.809. The van der Waals surface area contributed by atoms with Crippen molar-refractivity contribution in [1.82, 2.24) is 5.32 Å². The molecule has 1 fully saturated rings. The molecule has 0 aromatic heterocycles. The van der Waals surface area contributed by atoms with Crippen molar-refractivity contribution < 1.29 is 4.79 Å². The average Bonchev–Trinajstić information content (AvgIpc) is 2.88. The Morgan fingerprint density at radius 3 is 2.56 bits per heavy atom. The molecule has 3 N–H and O–H groups in total. The molecule has 0 saturated heterocycles. The fourth-order valence-corrected chi connectivity index (χ4v) is 2.76. The predicted molar refractivity (Wildman–Crippen MR) is 73.0 cm³/mol. The fraction of sp³-hybridized carbons (Fsp3) is 0.533. The lowest BCUT2D eigenvalue weighted by Crippen LogP contribution is -2.34. The highest BCUT2D eigenvalue weighted by Gasteiger charge is 2.18. The van der Waals surface area contributed by atoms with E-state index in [1.165, 1.54) is 25.7 Å². The van der Waals surface area contributed by atoms with Gasteiger partial charge in [-0.05, 0) is 24.4 Å². The standard InChI is InChI=1S/C15H22N2O/c16-15(18)14(13-8-2-1-3-9-13)17-11-10-12-6-4-5-7-12/h1-3,8-9,12,14,17H,4-7,10-11H2,(H2,16,18)/t14-/m0/s1. The van der Waals surface area contributed by atoms with Crippen LogP contribution >= 0.6 is 0 Å². The topological polar surface area (TPSA) is 55.1 Å². The summed E-state index contributed by atoms with van der Waals surface area (Å²) < 4.78 is 0. The van der Waals surface area contributed by atoms with Gasteiger partial charge in [0.15, 0.2) is 0 Å². The normalized spacial score (nSPS) is 17.8. The minimum absolute atomic E-state index is 0.298. The van der Waals surface area contributed by atoms with Crippen LogP contribution in [0.15, 0.2) is 30.3 Å². The summed E-state index contributed by atoms with van der Waals surface area (Å²) in [6.45, 7) is 0.868. The fourth-order valence-electron chi connectivity index (χ4n) is 2.76. The van der Waals surface area contributed by atoms with Crippen LogP contribution in [-0.2, 0) is 4.79 Å². The molecule has 2 rings (SSSR count). The Morgan fingerprint density at radius 2 is 1.94 bits per heavy atom. The highest BCUT2D eigenvalue weighted by atomic mass is 16.1. The van der Waals surface area contributed by atoms with Crippen LogP contribution in [0.5, 0.6) is 0 Å². The molecule has 0 unspecified atom stereocenters. The lowest BCUT2D eigenvalue weighted by molar-refractivity contribution is -0.120. The Bertz CT molecular complexity index is 371. The highest BCUT2D eigenvalue weighted by molar-refractivity contribution is 5.81. The second kappa shape index (κ2) is 6.55. The van der Waals surface area contributed by atoms with Gasteiger partial charge >= 0.3 is 0 Å². The number of rotatable bonds is 6. The van der Waals surface area contributed by atoms with Crippen molar-refractivity contribution in [3.8, 4) is 0 Å². The van der Waals surface area contributed by atoms with Crippen molar-refractivity contribution in [1.29, 1.82) is 0 Å². The Morgan fingerprint density at radius 1 is 1.28 bits per heavy atom. The maximum Gasteiger partial charge on any atom is 0.239 e. The molecular formula is C15H22N2O. The minimum atomic E-state index is -0.354. The van der Waals surface area contributed by atoms with Crippen molar-refractivity contribution >= 4 is 5.91 Å². The Balaban J connectivity index is 1.85. The van der Waals surface area contributed by atoms with Crippen LogP contribution in [0, 0.1) is 5.92 Å². The zero-order valence-corrected chi connectivity index (χ0v) is 10.8. The zero-order chi connectivity index (χ0) is 12.8. The van der Waals surface area contributed by atoms with Crippen molar-refractivity contribution in [2.75, 3.05) is 6.54 Å². The van der Waals surface area contributed by atoms with Gasteiger partial charge in [-0.1, -0.05) is 56.0 Å². The van der Waals surface area contributed by atoms with Gasteiger partial charge in [-0.3, -0.25) is 4.79 Å². The molecule has 1 aliphatic carbocycles. The van der Waals surface area contributed by atoms with Gasteiger partial charge in [-0.15, -0.1) is 0 Å². The van der Waals surface area contributed by atoms with Gasteiger partial charge in [0.25, 0.3) is 0 Å². The highest BCUT2D eigenvalue weighted by Crippen LogP contribution is 2.27. The Hall–Kier alpha value is -1.35.